The molecule has 0 radical (unpaired) electrons. The molecular weight excluding hydrogens is 326 g/mol. The molecule has 114 valence electrons. The number of halogens is 1. The van der Waals surface area contributed by atoms with E-state index in [0.29, 0.717) is 0 Å². The van der Waals surface area contributed by atoms with Gasteiger partial charge in [0.25, 0.3) is 9.05 Å². The second-order valence-electron chi connectivity index (χ2n) is 4.58. The van der Waals surface area contributed by atoms with Gasteiger partial charge in [0.2, 0.25) is 10.0 Å². The molecule has 1 rings (SSSR count). The summed E-state index contributed by atoms with van der Waals surface area (Å²) in [6.45, 7) is 3.56. The number of rotatable bonds is 6. The summed E-state index contributed by atoms with van der Waals surface area (Å²) < 4.78 is 53.5. The molecule has 1 aromatic carbocycles. The van der Waals surface area contributed by atoms with Gasteiger partial charge >= 0.3 is 0 Å². The molecule has 0 heterocycles. The third-order valence-corrected chi connectivity index (χ3v) is 5.27. The van der Waals surface area contributed by atoms with E-state index in [4.69, 9.17) is 15.4 Å². The number of nitrogens with one attached hydrogen (secondary N) is 1. The fourth-order valence-corrected chi connectivity index (χ4v) is 4.04. The lowest BCUT2D eigenvalue weighted by atomic mass is 10.3. The zero-order valence-corrected chi connectivity index (χ0v) is 13.6. The van der Waals surface area contributed by atoms with Gasteiger partial charge in [0.05, 0.1) is 18.6 Å². The van der Waals surface area contributed by atoms with Crippen LogP contribution in [0.3, 0.4) is 0 Å². The second-order valence-corrected chi connectivity index (χ2v) is 8.88. The molecule has 0 saturated heterocycles. The summed E-state index contributed by atoms with van der Waals surface area (Å²) >= 11 is 0. The normalized spacial score (nSPS) is 12.4. The van der Waals surface area contributed by atoms with Crippen LogP contribution in [0.2, 0.25) is 0 Å². The topological polar surface area (TPSA) is 89.5 Å². The molecule has 0 aromatic heterocycles. The second kappa shape index (κ2) is 6.19. The van der Waals surface area contributed by atoms with Gasteiger partial charge in [-0.15, -0.1) is 0 Å². The highest BCUT2D eigenvalue weighted by Crippen LogP contribution is 2.30. The fraction of sp³-hybridized carbons (Fsp3) is 0.455. The fourth-order valence-electron chi connectivity index (χ4n) is 1.59. The van der Waals surface area contributed by atoms with E-state index in [1.54, 1.807) is 13.8 Å². The van der Waals surface area contributed by atoms with Crippen molar-refractivity contribution in [3.05, 3.63) is 18.2 Å². The summed E-state index contributed by atoms with van der Waals surface area (Å²) in [6.07, 6.45) is 0. The Kier molecular flexibility index (Phi) is 5.28. The third-order valence-electron chi connectivity index (χ3n) is 2.25. The predicted molar refractivity (Wildman–Crippen MR) is 78.3 cm³/mol. The van der Waals surface area contributed by atoms with Crippen LogP contribution in [0.4, 0.5) is 5.69 Å². The number of anilines is 1. The minimum absolute atomic E-state index is 0.0234. The molecule has 0 unspecified atom stereocenters. The average Bonchev–Trinajstić information content (AvgIpc) is 2.24. The molecular formula is C11H16ClNO5S2. The van der Waals surface area contributed by atoms with E-state index in [1.165, 1.54) is 25.3 Å². The third kappa shape index (κ3) is 4.84. The molecule has 6 nitrogen and oxygen atoms in total. The molecule has 1 aromatic rings. The quantitative estimate of drug-likeness (QED) is 0.799. The van der Waals surface area contributed by atoms with Crippen LogP contribution in [0.1, 0.15) is 13.8 Å². The summed E-state index contributed by atoms with van der Waals surface area (Å²) in [5.74, 6) is -0.0909. The predicted octanol–water partition coefficient (Wildman–Crippen LogP) is 2.02. The highest BCUT2D eigenvalue weighted by Gasteiger charge is 2.19. The van der Waals surface area contributed by atoms with E-state index in [2.05, 4.69) is 4.72 Å². The van der Waals surface area contributed by atoms with E-state index in [9.17, 15) is 16.8 Å². The first kappa shape index (κ1) is 17.1. The van der Waals surface area contributed by atoms with Crippen LogP contribution in [-0.4, -0.2) is 29.7 Å². The summed E-state index contributed by atoms with van der Waals surface area (Å²) in [4.78, 5) is -0.214. The number of sulfonamides is 1. The first-order valence-corrected chi connectivity index (χ1v) is 9.64. The molecule has 0 fully saturated rings. The van der Waals surface area contributed by atoms with Gasteiger partial charge in [-0.1, -0.05) is 13.8 Å². The van der Waals surface area contributed by atoms with Crippen LogP contribution in [0.5, 0.6) is 5.75 Å². The van der Waals surface area contributed by atoms with Crippen LogP contribution in [0.25, 0.3) is 0 Å². The maximum atomic E-state index is 11.8. The highest BCUT2D eigenvalue weighted by atomic mass is 35.7. The summed E-state index contributed by atoms with van der Waals surface area (Å²) in [5, 5.41) is 0. The number of hydrogen-bond donors (Lipinski definition) is 1. The molecule has 9 heteroatoms. The molecule has 0 amide bonds. The van der Waals surface area contributed by atoms with Crippen molar-refractivity contribution < 1.29 is 21.6 Å². The van der Waals surface area contributed by atoms with E-state index in [-0.39, 0.29) is 28.0 Å². The molecule has 0 spiro atoms. The molecule has 1 N–H and O–H groups in total. The van der Waals surface area contributed by atoms with E-state index < -0.39 is 19.1 Å². The Bertz CT molecular complexity index is 683. The summed E-state index contributed by atoms with van der Waals surface area (Å²) in [6, 6.07) is 3.77. The van der Waals surface area contributed by atoms with Crippen LogP contribution in [0.15, 0.2) is 23.1 Å². The summed E-state index contributed by atoms with van der Waals surface area (Å²) in [7, 11) is -0.929. The molecule has 0 aliphatic rings. The van der Waals surface area contributed by atoms with Crippen molar-refractivity contribution >= 4 is 35.4 Å². The first-order valence-electron chi connectivity index (χ1n) is 5.68. The van der Waals surface area contributed by atoms with Gasteiger partial charge in [-0.2, -0.15) is 0 Å². The zero-order valence-electron chi connectivity index (χ0n) is 11.3. The number of ether oxygens (including phenoxy) is 1. The standard InChI is InChI=1S/C11H16ClNO5S2/c1-8(2)7-19(14,15)13-9-4-5-11(20(12,16)17)10(6-9)18-3/h4-6,8,13H,7H2,1-3H3. The molecule has 0 bridgehead atoms. The van der Waals surface area contributed by atoms with Crippen molar-refractivity contribution in [2.24, 2.45) is 5.92 Å². The Balaban J connectivity index is 3.12. The van der Waals surface area contributed by atoms with Gasteiger partial charge < -0.3 is 4.74 Å². The monoisotopic (exact) mass is 341 g/mol. The van der Waals surface area contributed by atoms with Crippen molar-refractivity contribution in [1.82, 2.24) is 0 Å². The van der Waals surface area contributed by atoms with Gasteiger partial charge in [-0.05, 0) is 18.1 Å². The Hall–Kier alpha value is -0.990. The van der Waals surface area contributed by atoms with Gasteiger partial charge in [-0.3, -0.25) is 4.72 Å². The number of methoxy groups -OCH3 is 1. The number of benzene rings is 1. The van der Waals surface area contributed by atoms with Crippen molar-refractivity contribution in [2.75, 3.05) is 17.6 Å². The maximum absolute atomic E-state index is 11.8. The highest BCUT2D eigenvalue weighted by molar-refractivity contribution is 8.13. The zero-order chi connectivity index (χ0) is 15.6. The molecule has 0 aliphatic heterocycles. The van der Waals surface area contributed by atoms with Crippen LogP contribution in [0, 0.1) is 5.92 Å². The average molecular weight is 342 g/mol. The van der Waals surface area contributed by atoms with E-state index in [0.717, 1.165) is 0 Å². The van der Waals surface area contributed by atoms with Gasteiger partial charge in [0.15, 0.2) is 0 Å². The van der Waals surface area contributed by atoms with E-state index >= 15 is 0 Å². The lowest BCUT2D eigenvalue weighted by molar-refractivity contribution is 0.403. The van der Waals surface area contributed by atoms with Crippen LogP contribution < -0.4 is 9.46 Å². The largest absolute Gasteiger partial charge is 0.495 e. The van der Waals surface area contributed by atoms with Gasteiger partial charge in [0, 0.05) is 16.7 Å². The minimum Gasteiger partial charge on any atom is -0.495 e. The van der Waals surface area contributed by atoms with E-state index in [1.807, 2.05) is 0 Å². The first-order chi connectivity index (χ1) is 9.05. The number of hydrogen-bond acceptors (Lipinski definition) is 5. The van der Waals surface area contributed by atoms with Crippen molar-refractivity contribution in [1.29, 1.82) is 0 Å². The van der Waals surface area contributed by atoms with Crippen LogP contribution >= 0.6 is 10.7 Å². The Morgan fingerprint density at radius 2 is 1.85 bits per heavy atom. The van der Waals surface area contributed by atoms with Gasteiger partial charge in [-0.25, -0.2) is 16.8 Å². The van der Waals surface area contributed by atoms with Crippen molar-refractivity contribution in [2.45, 2.75) is 18.7 Å². The van der Waals surface area contributed by atoms with Gasteiger partial charge in [0.1, 0.15) is 10.6 Å². The smallest absolute Gasteiger partial charge is 0.264 e. The Labute approximate surface area is 123 Å². The SMILES string of the molecule is COc1cc(NS(=O)(=O)CC(C)C)ccc1S(=O)(=O)Cl. The minimum atomic E-state index is -3.96. The lowest BCUT2D eigenvalue weighted by Crippen LogP contribution is -2.20. The summed E-state index contributed by atoms with van der Waals surface area (Å²) in [5.41, 5.74) is 0.214. The Morgan fingerprint density at radius 1 is 1.25 bits per heavy atom. The van der Waals surface area contributed by atoms with Crippen LogP contribution in [-0.2, 0) is 19.1 Å². The molecule has 0 saturated carbocycles. The molecule has 0 aliphatic carbocycles. The maximum Gasteiger partial charge on any atom is 0.264 e. The van der Waals surface area contributed by atoms with Crippen molar-refractivity contribution in [3.63, 3.8) is 0 Å². The molecule has 0 atom stereocenters. The Morgan fingerprint density at radius 3 is 2.30 bits per heavy atom. The van der Waals surface area contributed by atoms with Crippen molar-refractivity contribution in [3.8, 4) is 5.75 Å². The lowest BCUT2D eigenvalue weighted by Gasteiger charge is -2.12. The molecule has 20 heavy (non-hydrogen) atoms.